The summed E-state index contributed by atoms with van der Waals surface area (Å²) in [4.78, 5) is 28.0. The molecule has 3 rings (SSSR count). The lowest BCUT2D eigenvalue weighted by Crippen LogP contribution is -2.31. The van der Waals surface area contributed by atoms with Crippen LogP contribution in [0.2, 0.25) is 0 Å². The van der Waals surface area contributed by atoms with E-state index in [1.807, 2.05) is 13.0 Å². The molecule has 88 valence electrons. The summed E-state index contributed by atoms with van der Waals surface area (Å²) in [7, 11) is 0. The molecular formula is C12H13N3O2. The average Bonchev–Trinajstić information content (AvgIpc) is 2.32. The second-order valence-corrected chi connectivity index (χ2v) is 4.41. The largest absolute Gasteiger partial charge is 0.316 e. The van der Waals surface area contributed by atoms with Crippen molar-refractivity contribution in [1.82, 2.24) is 15.3 Å². The third-order valence-electron chi connectivity index (χ3n) is 3.32. The van der Waals surface area contributed by atoms with Crippen LogP contribution in [0.3, 0.4) is 0 Å². The Bertz CT molecular complexity index is 712. The number of benzene rings is 1. The highest BCUT2D eigenvalue weighted by Crippen LogP contribution is 2.24. The van der Waals surface area contributed by atoms with E-state index < -0.39 is 11.1 Å². The molecule has 0 fully saturated rings. The normalized spacial score (nSPS) is 14.9. The molecule has 1 aromatic carbocycles. The van der Waals surface area contributed by atoms with Crippen LogP contribution in [-0.2, 0) is 13.0 Å². The minimum Gasteiger partial charge on any atom is -0.316 e. The van der Waals surface area contributed by atoms with E-state index in [1.165, 1.54) is 5.56 Å². The summed E-state index contributed by atoms with van der Waals surface area (Å²) in [6.07, 6.45) is 0.957. The van der Waals surface area contributed by atoms with Crippen molar-refractivity contribution in [1.29, 1.82) is 0 Å². The van der Waals surface area contributed by atoms with Crippen LogP contribution in [-0.4, -0.2) is 16.5 Å². The van der Waals surface area contributed by atoms with E-state index in [-0.39, 0.29) is 0 Å². The van der Waals surface area contributed by atoms with E-state index in [4.69, 9.17) is 0 Å². The first-order chi connectivity index (χ1) is 8.16. The molecule has 5 nitrogen and oxygen atoms in total. The van der Waals surface area contributed by atoms with Gasteiger partial charge < -0.3 is 15.3 Å². The fourth-order valence-corrected chi connectivity index (χ4v) is 2.49. The van der Waals surface area contributed by atoms with Gasteiger partial charge in [-0.2, -0.15) is 0 Å². The summed E-state index contributed by atoms with van der Waals surface area (Å²) in [5.74, 6) is 0. The van der Waals surface area contributed by atoms with Crippen molar-refractivity contribution in [3.05, 3.63) is 43.5 Å². The first-order valence-electron chi connectivity index (χ1n) is 5.65. The average molecular weight is 231 g/mol. The van der Waals surface area contributed by atoms with Crippen LogP contribution in [0, 0.1) is 6.92 Å². The molecule has 2 aromatic rings. The molecule has 0 radical (unpaired) electrons. The summed E-state index contributed by atoms with van der Waals surface area (Å²) in [5, 5.41) is 3.28. The second kappa shape index (κ2) is 3.56. The Labute approximate surface area is 96.9 Å². The maximum absolute atomic E-state index is 11.4. The number of aromatic amines is 2. The number of aryl methyl sites for hydroxylation is 1. The van der Waals surface area contributed by atoms with E-state index in [2.05, 4.69) is 15.3 Å². The Morgan fingerprint density at radius 1 is 1.12 bits per heavy atom. The molecule has 0 aliphatic carbocycles. The van der Waals surface area contributed by atoms with Crippen LogP contribution in [0.25, 0.3) is 11.0 Å². The van der Waals surface area contributed by atoms with Gasteiger partial charge in [0.15, 0.2) is 0 Å². The van der Waals surface area contributed by atoms with Crippen LogP contribution in [0.1, 0.15) is 16.7 Å². The number of hydrogen-bond acceptors (Lipinski definition) is 3. The van der Waals surface area contributed by atoms with Gasteiger partial charge >= 0.3 is 11.1 Å². The molecule has 0 amide bonds. The predicted molar refractivity (Wildman–Crippen MR) is 65.3 cm³/mol. The van der Waals surface area contributed by atoms with Gasteiger partial charge in [0.25, 0.3) is 0 Å². The monoisotopic (exact) mass is 231 g/mol. The highest BCUT2D eigenvalue weighted by Gasteiger charge is 2.16. The second-order valence-electron chi connectivity index (χ2n) is 4.41. The molecule has 2 heterocycles. The molecule has 5 heteroatoms. The Morgan fingerprint density at radius 2 is 1.88 bits per heavy atom. The van der Waals surface area contributed by atoms with E-state index >= 15 is 0 Å². The van der Waals surface area contributed by atoms with Gasteiger partial charge in [-0.05, 0) is 42.6 Å². The highest BCUT2D eigenvalue weighted by atomic mass is 16.2. The van der Waals surface area contributed by atoms with Crippen LogP contribution in [0.15, 0.2) is 15.7 Å². The quantitative estimate of drug-likeness (QED) is 0.566. The standard InChI is InChI=1S/C12H13N3O2/c1-6-4-9-10(15-12(17)11(16)14-9)8-5-13-3-2-7(6)8/h4,13H,2-3,5H2,1H3,(H,14,16)(H,15,17). The van der Waals surface area contributed by atoms with Gasteiger partial charge in [0.1, 0.15) is 0 Å². The molecule has 0 saturated carbocycles. The molecule has 3 N–H and O–H groups in total. The zero-order valence-corrected chi connectivity index (χ0v) is 9.52. The van der Waals surface area contributed by atoms with Gasteiger partial charge in [0.05, 0.1) is 11.0 Å². The van der Waals surface area contributed by atoms with Crippen molar-refractivity contribution in [3.63, 3.8) is 0 Å². The summed E-state index contributed by atoms with van der Waals surface area (Å²) in [6, 6.07) is 1.93. The number of aromatic nitrogens is 2. The van der Waals surface area contributed by atoms with Gasteiger partial charge in [0.2, 0.25) is 0 Å². The molecule has 1 aromatic heterocycles. The van der Waals surface area contributed by atoms with Gasteiger partial charge in [-0.15, -0.1) is 0 Å². The van der Waals surface area contributed by atoms with Crippen molar-refractivity contribution >= 4 is 11.0 Å². The molecule has 1 aliphatic heterocycles. The van der Waals surface area contributed by atoms with Crippen LogP contribution in [0.5, 0.6) is 0 Å². The number of nitrogens with one attached hydrogen (secondary N) is 3. The van der Waals surface area contributed by atoms with Crippen LogP contribution >= 0.6 is 0 Å². The highest BCUT2D eigenvalue weighted by molar-refractivity contribution is 5.80. The molecule has 0 spiro atoms. The number of H-pyrrole nitrogens is 2. The van der Waals surface area contributed by atoms with Gasteiger partial charge in [-0.1, -0.05) is 0 Å². The van der Waals surface area contributed by atoms with Crippen molar-refractivity contribution in [2.24, 2.45) is 0 Å². The molecule has 17 heavy (non-hydrogen) atoms. The number of rotatable bonds is 0. The third kappa shape index (κ3) is 1.51. The first-order valence-corrected chi connectivity index (χ1v) is 5.65. The van der Waals surface area contributed by atoms with E-state index in [9.17, 15) is 9.59 Å². The number of hydrogen-bond donors (Lipinski definition) is 3. The lowest BCUT2D eigenvalue weighted by Gasteiger charge is -2.20. The molecule has 0 atom stereocenters. The lowest BCUT2D eigenvalue weighted by molar-refractivity contribution is 0.644. The Morgan fingerprint density at radius 3 is 2.71 bits per heavy atom. The summed E-state index contributed by atoms with van der Waals surface area (Å²) < 4.78 is 0. The third-order valence-corrected chi connectivity index (χ3v) is 3.32. The maximum atomic E-state index is 11.4. The van der Waals surface area contributed by atoms with Crippen LogP contribution < -0.4 is 16.4 Å². The summed E-state index contributed by atoms with van der Waals surface area (Å²) in [5.41, 5.74) is 3.81. The topological polar surface area (TPSA) is 77.8 Å². The summed E-state index contributed by atoms with van der Waals surface area (Å²) in [6.45, 7) is 3.72. The van der Waals surface area contributed by atoms with Gasteiger partial charge in [-0.3, -0.25) is 9.59 Å². The number of fused-ring (bicyclic) bond motifs is 3. The SMILES string of the molecule is Cc1cc2[nH]c(=O)c(=O)[nH]c2c2c1CCNC2. The minimum absolute atomic E-state index is 0.589. The molecule has 0 saturated heterocycles. The Hall–Kier alpha value is -1.88. The molecule has 1 aliphatic rings. The molecule has 0 unspecified atom stereocenters. The van der Waals surface area contributed by atoms with Crippen molar-refractivity contribution in [2.75, 3.05) is 6.54 Å². The van der Waals surface area contributed by atoms with Crippen molar-refractivity contribution in [3.8, 4) is 0 Å². The first kappa shape index (κ1) is 10.3. The fraction of sp³-hybridized carbons (Fsp3) is 0.333. The zero-order valence-electron chi connectivity index (χ0n) is 9.52. The van der Waals surface area contributed by atoms with Crippen molar-refractivity contribution < 1.29 is 0 Å². The van der Waals surface area contributed by atoms with Crippen LogP contribution in [0.4, 0.5) is 0 Å². The summed E-state index contributed by atoms with van der Waals surface area (Å²) >= 11 is 0. The fourth-order valence-electron chi connectivity index (χ4n) is 2.49. The molecular weight excluding hydrogens is 218 g/mol. The minimum atomic E-state index is -0.597. The predicted octanol–water partition coefficient (Wildman–Crippen LogP) is 0.171. The molecule has 0 bridgehead atoms. The van der Waals surface area contributed by atoms with E-state index in [1.54, 1.807) is 0 Å². The van der Waals surface area contributed by atoms with E-state index in [0.29, 0.717) is 5.52 Å². The van der Waals surface area contributed by atoms with Gasteiger partial charge in [-0.25, -0.2) is 0 Å². The smallest absolute Gasteiger partial charge is 0.314 e. The zero-order chi connectivity index (χ0) is 12.0. The Balaban J connectivity index is 2.47. The van der Waals surface area contributed by atoms with Crippen molar-refractivity contribution in [2.45, 2.75) is 19.9 Å². The Kier molecular flexibility index (Phi) is 2.16. The maximum Gasteiger partial charge on any atom is 0.314 e. The van der Waals surface area contributed by atoms with Gasteiger partial charge in [0, 0.05) is 6.54 Å². The lowest BCUT2D eigenvalue weighted by atomic mass is 9.94. The van der Waals surface area contributed by atoms with E-state index in [0.717, 1.165) is 36.2 Å².